The van der Waals surface area contributed by atoms with Crippen LogP contribution in [-0.2, 0) is 11.2 Å². The maximum Gasteiger partial charge on any atom is 0.123 e. The predicted octanol–water partition coefficient (Wildman–Crippen LogP) is 6.00. The zero-order valence-electron chi connectivity index (χ0n) is 14.1. The van der Waals surface area contributed by atoms with Crippen molar-refractivity contribution in [3.63, 3.8) is 0 Å². The van der Waals surface area contributed by atoms with Crippen LogP contribution in [0, 0.1) is 0 Å². The van der Waals surface area contributed by atoms with Gasteiger partial charge in [-0.1, -0.05) is 38.1 Å². The van der Waals surface area contributed by atoms with Crippen LogP contribution in [-0.4, -0.2) is 11.4 Å². The van der Waals surface area contributed by atoms with E-state index in [2.05, 4.69) is 69.1 Å². The lowest BCUT2D eigenvalue weighted by Gasteiger charge is -2.22. The van der Waals surface area contributed by atoms with Crippen LogP contribution in [0.5, 0.6) is 5.75 Å². The fourth-order valence-electron chi connectivity index (χ4n) is 3.96. The zero-order valence-corrected chi connectivity index (χ0v) is 15.8. The van der Waals surface area contributed by atoms with E-state index in [0.717, 1.165) is 10.8 Å². The molecule has 0 bridgehead atoms. The van der Waals surface area contributed by atoms with Gasteiger partial charge in [-0.15, -0.1) is 11.8 Å². The number of aromatic hydroxyl groups is 1. The van der Waals surface area contributed by atoms with Crippen LogP contribution in [0.25, 0.3) is 21.9 Å². The Hall–Kier alpha value is -1.58. The Kier molecular flexibility index (Phi) is 3.63. The van der Waals surface area contributed by atoms with Crippen LogP contribution in [0.15, 0.2) is 47.4 Å². The summed E-state index contributed by atoms with van der Waals surface area (Å²) in [6.07, 6.45) is 2.07. The summed E-state index contributed by atoms with van der Waals surface area (Å²) < 4.78 is 0. The highest BCUT2D eigenvalue weighted by molar-refractivity contribution is 7.98. The monoisotopic (exact) mass is 352 g/mol. The summed E-state index contributed by atoms with van der Waals surface area (Å²) in [7, 11) is 0. The number of hydrogen-bond donors (Lipinski definition) is 2. The Morgan fingerprint density at radius 1 is 1.04 bits per heavy atom. The molecule has 0 spiro atoms. The molecule has 24 heavy (non-hydrogen) atoms. The second-order valence-corrected chi connectivity index (χ2v) is 8.02. The molecule has 3 aromatic rings. The number of thioether (sulfide) groups is 1. The topological polar surface area (TPSA) is 20.2 Å². The van der Waals surface area contributed by atoms with Crippen LogP contribution in [0.4, 0.5) is 0 Å². The van der Waals surface area contributed by atoms with E-state index < -0.39 is 0 Å². The van der Waals surface area contributed by atoms with Crippen LogP contribution >= 0.6 is 24.4 Å². The molecule has 1 N–H and O–H groups in total. The highest BCUT2D eigenvalue weighted by Crippen LogP contribution is 2.53. The standard InChI is InChI=1S/C21H20OS2/c1-21(2)16-7-5-4-6-13(16)20-15-8-12(11-23)19(24-3)9-14(15)18(22)10-17(20)21/h4-10,22-23H,11H2,1-3H3. The highest BCUT2D eigenvalue weighted by Gasteiger charge is 2.37. The summed E-state index contributed by atoms with van der Waals surface area (Å²) in [5.74, 6) is 1.06. The van der Waals surface area contributed by atoms with Gasteiger partial charge in [0.25, 0.3) is 0 Å². The summed E-state index contributed by atoms with van der Waals surface area (Å²) in [6.45, 7) is 4.47. The van der Waals surface area contributed by atoms with E-state index in [4.69, 9.17) is 0 Å². The third-order valence-corrected chi connectivity index (χ3v) is 6.39. The minimum Gasteiger partial charge on any atom is -0.507 e. The number of phenolic OH excluding ortho intramolecular Hbond substituents is 1. The molecule has 3 heteroatoms. The normalized spacial score (nSPS) is 14.7. The van der Waals surface area contributed by atoms with Crippen molar-refractivity contribution in [2.45, 2.75) is 29.9 Å². The number of fused-ring (bicyclic) bond motifs is 5. The van der Waals surface area contributed by atoms with E-state index in [1.807, 2.05) is 6.07 Å². The minimum atomic E-state index is -0.100. The van der Waals surface area contributed by atoms with Crippen molar-refractivity contribution in [3.8, 4) is 16.9 Å². The molecular formula is C21H20OS2. The molecule has 0 atom stereocenters. The van der Waals surface area contributed by atoms with Crippen LogP contribution in [0.1, 0.15) is 30.5 Å². The van der Waals surface area contributed by atoms with Crippen LogP contribution in [0.3, 0.4) is 0 Å². The summed E-state index contributed by atoms with van der Waals surface area (Å²) in [5.41, 5.74) is 6.19. The smallest absolute Gasteiger partial charge is 0.123 e. The average Bonchev–Trinajstić information content (AvgIpc) is 2.82. The minimum absolute atomic E-state index is 0.100. The molecule has 4 rings (SSSR count). The fraction of sp³-hybridized carbons (Fsp3) is 0.238. The number of hydrogen-bond acceptors (Lipinski definition) is 3. The lowest BCUT2D eigenvalue weighted by atomic mass is 9.82. The van der Waals surface area contributed by atoms with Crippen LogP contribution in [0.2, 0.25) is 0 Å². The van der Waals surface area contributed by atoms with Gasteiger partial charge in [-0.2, -0.15) is 12.6 Å². The molecule has 1 nitrogen and oxygen atoms in total. The van der Waals surface area contributed by atoms with Crippen molar-refractivity contribution in [3.05, 3.63) is 59.2 Å². The molecule has 0 aliphatic heterocycles. The molecule has 0 saturated carbocycles. The number of benzene rings is 3. The van der Waals surface area contributed by atoms with Crippen LogP contribution < -0.4 is 0 Å². The van der Waals surface area contributed by atoms with Crippen molar-refractivity contribution in [2.75, 3.05) is 6.26 Å². The van der Waals surface area contributed by atoms with Crippen molar-refractivity contribution >= 4 is 35.2 Å². The third-order valence-electron chi connectivity index (χ3n) is 5.23. The SMILES string of the molecule is CSc1cc2c(O)cc3c(c2cc1CS)-c1ccccc1C3(C)C. The van der Waals surface area contributed by atoms with Gasteiger partial charge >= 0.3 is 0 Å². The first kappa shape index (κ1) is 15.9. The van der Waals surface area contributed by atoms with Gasteiger partial charge in [0.05, 0.1) is 0 Å². The number of phenols is 1. The Labute approximate surface area is 152 Å². The lowest BCUT2D eigenvalue weighted by Crippen LogP contribution is -2.14. The molecule has 3 aromatic carbocycles. The molecule has 0 unspecified atom stereocenters. The summed E-state index contributed by atoms with van der Waals surface area (Å²) in [6, 6.07) is 14.9. The molecule has 1 aliphatic carbocycles. The van der Waals surface area contributed by atoms with Crippen molar-refractivity contribution in [1.29, 1.82) is 0 Å². The number of thiol groups is 1. The quantitative estimate of drug-likeness (QED) is 0.435. The summed E-state index contributed by atoms with van der Waals surface area (Å²) in [5, 5.41) is 12.8. The first-order valence-corrected chi connectivity index (χ1v) is 9.92. The molecule has 0 aromatic heterocycles. The van der Waals surface area contributed by atoms with Gasteiger partial charge in [-0.05, 0) is 57.7 Å². The van der Waals surface area contributed by atoms with Gasteiger partial charge in [0.15, 0.2) is 0 Å². The average molecular weight is 353 g/mol. The van der Waals surface area contributed by atoms with Gasteiger partial charge in [0.2, 0.25) is 0 Å². The molecule has 122 valence electrons. The van der Waals surface area contributed by atoms with E-state index in [1.54, 1.807) is 11.8 Å². The molecule has 0 amide bonds. The molecule has 0 saturated heterocycles. The predicted molar refractivity (Wildman–Crippen MR) is 108 cm³/mol. The molecule has 0 fully saturated rings. The Balaban J connectivity index is 2.18. The molecule has 1 aliphatic rings. The van der Waals surface area contributed by atoms with Gasteiger partial charge < -0.3 is 5.11 Å². The van der Waals surface area contributed by atoms with E-state index in [0.29, 0.717) is 11.5 Å². The highest BCUT2D eigenvalue weighted by atomic mass is 32.2. The van der Waals surface area contributed by atoms with E-state index >= 15 is 0 Å². The fourth-order valence-corrected chi connectivity index (χ4v) is 4.96. The van der Waals surface area contributed by atoms with Gasteiger partial charge in [0.1, 0.15) is 5.75 Å². The van der Waals surface area contributed by atoms with Gasteiger partial charge in [-0.3, -0.25) is 0 Å². The van der Waals surface area contributed by atoms with Crippen molar-refractivity contribution in [2.24, 2.45) is 0 Å². The van der Waals surface area contributed by atoms with Gasteiger partial charge in [0, 0.05) is 21.4 Å². The lowest BCUT2D eigenvalue weighted by molar-refractivity contribution is 0.479. The third kappa shape index (κ3) is 2.04. The molecule has 0 heterocycles. The second-order valence-electron chi connectivity index (χ2n) is 6.86. The van der Waals surface area contributed by atoms with E-state index in [1.165, 1.54) is 32.7 Å². The van der Waals surface area contributed by atoms with E-state index in [9.17, 15) is 5.11 Å². The van der Waals surface area contributed by atoms with Crippen molar-refractivity contribution in [1.82, 2.24) is 0 Å². The first-order valence-electron chi connectivity index (χ1n) is 8.07. The molecular weight excluding hydrogens is 332 g/mol. The van der Waals surface area contributed by atoms with E-state index in [-0.39, 0.29) is 5.41 Å². The van der Waals surface area contributed by atoms with Crippen molar-refractivity contribution < 1.29 is 5.11 Å². The largest absolute Gasteiger partial charge is 0.507 e. The molecule has 0 radical (unpaired) electrons. The maximum atomic E-state index is 10.7. The first-order chi connectivity index (χ1) is 11.5. The van der Waals surface area contributed by atoms with Gasteiger partial charge in [-0.25, -0.2) is 0 Å². The summed E-state index contributed by atoms with van der Waals surface area (Å²) in [4.78, 5) is 1.18. The number of rotatable bonds is 2. The Bertz CT molecular complexity index is 973. The Morgan fingerprint density at radius 3 is 2.50 bits per heavy atom. The zero-order chi connectivity index (χ0) is 17.1. The summed E-state index contributed by atoms with van der Waals surface area (Å²) >= 11 is 6.21. The maximum absolute atomic E-state index is 10.7. The second kappa shape index (κ2) is 5.47. The Morgan fingerprint density at radius 2 is 1.79 bits per heavy atom.